The summed E-state index contributed by atoms with van der Waals surface area (Å²) in [6.07, 6.45) is 4.20. The van der Waals surface area contributed by atoms with Crippen molar-refractivity contribution in [2.45, 2.75) is 39.2 Å². The van der Waals surface area contributed by atoms with Gasteiger partial charge >= 0.3 is 0 Å². The average Bonchev–Trinajstić information content (AvgIpc) is 2.70. The van der Waals surface area contributed by atoms with Crippen molar-refractivity contribution >= 4 is 11.6 Å². The predicted molar refractivity (Wildman–Crippen MR) is 67.0 cm³/mol. The quantitative estimate of drug-likeness (QED) is 0.812. The molecule has 1 aromatic rings. The van der Waals surface area contributed by atoms with Crippen molar-refractivity contribution in [2.75, 3.05) is 19.6 Å². The van der Waals surface area contributed by atoms with Crippen LogP contribution in [0.1, 0.15) is 38.4 Å². The Balaban J connectivity index is 2.08. The molecule has 0 amide bonds. The van der Waals surface area contributed by atoms with Crippen LogP contribution in [-0.4, -0.2) is 34.1 Å². The third-order valence-electron chi connectivity index (χ3n) is 3.55. The first-order chi connectivity index (χ1) is 7.76. The van der Waals surface area contributed by atoms with Gasteiger partial charge < -0.3 is 9.47 Å². The van der Waals surface area contributed by atoms with Gasteiger partial charge in [0.05, 0.1) is 6.20 Å². The van der Waals surface area contributed by atoms with Crippen LogP contribution in [0.3, 0.4) is 0 Å². The molecule has 0 aromatic carbocycles. The molecule has 90 valence electrons. The number of likely N-dealkylation sites (tertiary alicyclic amines) is 1. The second kappa shape index (κ2) is 5.19. The Kier molecular flexibility index (Phi) is 3.87. The van der Waals surface area contributed by atoms with E-state index in [4.69, 9.17) is 11.6 Å². The van der Waals surface area contributed by atoms with E-state index in [2.05, 4.69) is 28.3 Å². The fourth-order valence-electron chi connectivity index (χ4n) is 2.51. The first-order valence-electron chi connectivity index (χ1n) is 6.19. The molecule has 0 N–H and O–H groups in total. The van der Waals surface area contributed by atoms with E-state index < -0.39 is 0 Å². The van der Waals surface area contributed by atoms with Crippen LogP contribution in [0, 0.1) is 0 Å². The highest BCUT2D eigenvalue weighted by Gasteiger charge is 2.23. The van der Waals surface area contributed by atoms with Gasteiger partial charge in [-0.15, -0.1) is 0 Å². The van der Waals surface area contributed by atoms with Crippen molar-refractivity contribution in [1.82, 2.24) is 14.5 Å². The maximum absolute atomic E-state index is 6.11. The van der Waals surface area contributed by atoms with E-state index in [1.54, 1.807) is 6.20 Å². The summed E-state index contributed by atoms with van der Waals surface area (Å²) >= 11 is 6.11. The van der Waals surface area contributed by atoms with Gasteiger partial charge in [-0.05, 0) is 39.4 Å². The minimum atomic E-state index is 0.593. The second-order valence-corrected chi connectivity index (χ2v) is 4.78. The Morgan fingerprint density at radius 2 is 2.00 bits per heavy atom. The number of rotatable bonds is 3. The zero-order chi connectivity index (χ0) is 11.5. The number of nitrogens with zero attached hydrogens (tertiary/aromatic N) is 3. The monoisotopic (exact) mass is 241 g/mol. The Labute approximate surface area is 102 Å². The summed E-state index contributed by atoms with van der Waals surface area (Å²) < 4.78 is 2.13. The summed E-state index contributed by atoms with van der Waals surface area (Å²) in [5.74, 6) is 1.78. The van der Waals surface area contributed by atoms with E-state index in [-0.39, 0.29) is 0 Å². The highest BCUT2D eigenvalue weighted by molar-refractivity contribution is 6.29. The molecule has 0 unspecified atom stereocenters. The SMILES string of the molecule is CCN1CCC(c2ncc(Cl)n2CC)CC1. The van der Waals surface area contributed by atoms with Gasteiger partial charge in [0.15, 0.2) is 0 Å². The van der Waals surface area contributed by atoms with Crippen molar-refractivity contribution in [3.05, 3.63) is 17.2 Å². The molecule has 1 saturated heterocycles. The lowest BCUT2D eigenvalue weighted by molar-refractivity contribution is 0.217. The maximum Gasteiger partial charge on any atom is 0.128 e. The van der Waals surface area contributed by atoms with Gasteiger partial charge in [0.2, 0.25) is 0 Å². The molecule has 0 aliphatic carbocycles. The number of halogens is 1. The third-order valence-corrected chi connectivity index (χ3v) is 3.86. The first kappa shape index (κ1) is 11.9. The standard InChI is InChI=1S/C12H20ClN3/c1-3-15-7-5-10(6-8-15)12-14-9-11(13)16(12)4-2/h9-10H,3-8H2,1-2H3. The number of hydrogen-bond acceptors (Lipinski definition) is 2. The smallest absolute Gasteiger partial charge is 0.128 e. The van der Waals surface area contributed by atoms with Crippen LogP contribution in [-0.2, 0) is 6.54 Å². The van der Waals surface area contributed by atoms with E-state index >= 15 is 0 Å². The predicted octanol–water partition coefficient (Wildman–Crippen LogP) is 2.76. The molecule has 1 fully saturated rings. The van der Waals surface area contributed by atoms with Crippen molar-refractivity contribution in [3.8, 4) is 0 Å². The van der Waals surface area contributed by atoms with Crippen LogP contribution in [0.5, 0.6) is 0 Å². The van der Waals surface area contributed by atoms with Gasteiger partial charge in [-0.3, -0.25) is 0 Å². The van der Waals surface area contributed by atoms with Crippen molar-refractivity contribution < 1.29 is 0 Å². The van der Waals surface area contributed by atoms with Gasteiger partial charge in [-0.25, -0.2) is 4.98 Å². The van der Waals surface area contributed by atoms with Gasteiger partial charge in [0, 0.05) is 12.5 Å². The third kappa shape index (κ3) is 2.25. The van der Waals surface area contributed by atoms with Gasteiger partial charge in [0.25, 0.3) is 0 Å². The van der Waals surface area contributed by atoms with Crippen molar-refractivity contribution in [3.63, 3.8) is 0 Å². The zero-order valence-electron chi connectivity index (χ0n) is 10.1. The van der Waals surface area contributed by atoms with E-state index in [0.29, 0.717) is 5.92 Å². The molecule has 2 heterocycles. The van der Waals surface area contributed by atoms with Gasteiger partial charge in [-0.2, -0.15) is 0 Å². The second-order valence-electron chi connectivity index (χ2n) is 4.39. The number of piperidine rings is 1. The molecule has 16 heavy (non-hydrogen) atoms. The highest BCUT2D eigenvalue weighted by Crippen LogP contribution is 2.28. The summed E-state index contributed by atoms with van der Waals surface area (Å²) in [6.45, 7) is 8.81. The van der Waals surface area contributed by atoms with Crippen LogP contribution in [0.15, 0.2) is 6.20 Å². The molecule has 3 nitrogen and oxygen atoms in total. The number of imidazole rings is 1. The van der Waals surface area contributed by atoms with E-state index in [9.17, 15) is 0 Å². The van der Waals surface area contributed by atoms with Crippen LogP contribution in [0.2, 0.25) is 5.15 Å². The molecule has 0 atom stereocenters. The summed E-state index contributed by atoms with van der Waals surface area (Å²) in [4.78, 5) is 6.97. The number of hydrogen-bond donors (Lipinski definition) is 0. The molecular weight excluding hydrogens is 222 g/mol. The lowest BCUT2D eigenvalue weighted by Crippen LogP contribution is -2.33. The van der Waals surface area contributed by atoms with E-state index in [1.165, 1.54) is 31.8 Å². The molecule has 1 aliphatic heterocycles. The summed E-state index contributed by atoms with van der Waals surface area (Å²) in [5, 5.41) is 0.774. The van der Waals surface area contributed by atoms with E-state index in [1.807, 2.05) is 0 Å². The fourth-order valence-corrected chi connectivity index (χ4v) is 2.77. The first-order valence-corrected chi connectivity index (χ1v) is 6.57. The number of aromatic nitrogens is 2. The van der Waals surface area contributed by atoms with Crippen LogP contribution < -0.4 is 0 Å². The van der Waals surface area contributed by atoms with Crippen LogP contribution >= 0.6 is 11.6 Å². The van der Waals surface area contributed by atoms with E-state index in [0.717, 1.165) is 18.2 Å². The molecule has 4 heteroatoms. The average molecular weight is 242 g/mol. The summed E-state index contributed by atoms with van der Waals surface area (Å²) in [5.41, 5.74) is 0. The van der Waals surface area contributed by atoms with Crippen LogP contribution in [0.25, 0.3) is 0 Å². The molecule has 0 spiro atoms. The fraction of sp³-hybridized carbons (Fsp3) is 0.750. The normalized spacial score (nSPS) is 19.2. The summed E-state index contributed by atoms with van der Waals surface area (Å²) in [7, 11) is 0. The van der Waals surface area contributed by atoms with Crippen LogP contribution in [0.4, 0.5) is 0 Å². The minimum Gasteiger partial charge on any atom is -0.319 e. The molecule has 0 saturated carbocycles. The zero-order valence-corrected chi connectivity index (χ0v) is 10.9. The molecule has 1 aromatic heterocycles. The molecule has 0 radical (unpaired) electrons. The lowest BCUT2D eigenvalue weighted by atomic mass is 9.96. The molecule has 0 bridgehead atoms. The Morgan fingerprint density at radius 1 is 1.31 bits per heavy atom. The molecule has 1 aliphatic rings. The molecular formula is C12H20ClN3. The molecule has 2 rings (SSSR count). The Bertz CT molecular complexity index is 340. The maximum atomic E-state index is 6.11. The van der Waals surface area contributed by atoms with Gasteiger partial charge in [0.1, 0.15) is 11.0 Å². The Hall–Kier alpha value is -0.540. The topological polar surface area (TPSA) is 21.1 Å². The highest BCUT2D eigenvalue weighted by atomic mass is 35.5. The minimum absolute atomic E-state index is 0.593. The largest absolute Gasteiger partial charge is 0.319 e. The van der Waals surface area contributed by atoms with Gasteiger partial charge in [-0.1, -0.05) is 18.5 Å². The summed E-state index contributed by atoms with van der Waals surface area (Å²) in [6, 6.07) is 0. The lowest BCUT2D eigenvalue weighted by Gasteiger charge is -2.30. The van der Waals surface area contributed by atoms with Crippen molar-refractivity contribution in [2.24, 2.45) is 0 Å². The van der Waals surface area contributed by atoms with Crippen molar-refractivity contribution in [1.29, 1.82) is 0 Å². The Morgan fingerprint density at radius 3 is 2.56 bits per heavy atom.